The van der Waals surface area contributed by atoms with Crippen LogP contribution in [0, 0.1) is 6.92 Å². The summed E-state index contributed by atoms with van der Waals surface area (Å²) in [6, 6.07) is 15.4. The van der Waals surface area contributed by atoms with E-state index < -0.39 is 0 Å². The Hall–Kier alpha value is -2.11. The Morgan fingerprint density at radius 2 is 1.96 bits per heavy atom. The Balaban J connectivity index is 1.63. The number of carbonyl (C=O) groups excluding carboxylic acids is 1. The van der Waals surface area contributed by atoms with Gasteiger partial charge < -0.3 is 5.32 Å². The number of carbonyl (C=O) groups is 1. The van der Waals surface area contributed by atoms with Gasteiger partial charge in [-0.3, -0.25) is 4.79 Å². The third-order valence-electron chi connectivity index (χ3n) is 3.67. The van der Waals surface area contributed by atoms with Crippen LogP contribution in [0.1, 0.15) is 16.7 Å². The highest BCUT2D eigenvalue weighted by atomic mass is 35.5. The number of thioether (sulfide) groups is 1. The maximum atomic E-state index is 12.1. The molecule has 0 saturated carbocycles. The van der Waals surface area contributed by atoms with Crippen molar-refractivity contribution in [1.82, 2.24) is 5.32 Å². The fourth-order valence-electron chi connectivity index (χ4n) is 2.32. The van der Waals surface area contributed by atoms with E-state index in [-0.39, 0.29) is 11.2 Å². The second-order valence-corrected chi connectivity index (χ2v) is 7.06. The van der Waals surface area contributed by atoms with Gasteiger partial charge >= 0.3 is 0 Å². The van der Waals surface area contributed by atoms with E-state index in [9.17, 15) is 4.79 Å². The van der Waals surface area contributed by atoms with E-state index in [2.05, 4.69) is 34.6 Å². The summed E-state index contributed by atoms with van der Waals surface area (Å²) >= 11 is 7.25. The molecule has 3 rings (SSSR count). The van der Waals surface area contributed by atoms with Crippen LogP contribution in [-0.2, 0) is 11.2 Å². The molecule has 1 aliphatic heterocycles. The lowest BCUT2D eigenvalue weighted by Gasteiger charge is -2.07. The molecule has 2 aromatic rings. The molecule has 4 nitrogen and oxygen atoms in total. The second kappa shape index (κ2) is 7.64. The van der Waals surface area contributed by atoms with E-state index in [0.29, 0.717) is 16.6 Å². The largest absolute Gasteiger partial charge is 0.303 e. The first kappa shape index (κ1) is 16.7. The lowest BCUT2D eigenvalue weighted by molar-refractivity contribution is -0.118. The highest BCUT2D eigenvalue weighted by molar-refractivity contribution is 8.15. The van der Waals surface area contributed by atoms with Crippen LogP contribution in [0.3, 0.4) is 0 Å². The summed E-state index contributed by atoms with van der Waals surface area (Å²) in [7, 11) is 0. The van der Waals surface area contributed by atoms with Crippen LogP contribution in [0.5, 0.6) is 0 Å². The van der Waals surface area contributed by atoms with Crippen molar-refractivity contribution < 1.29 is 4.79 Å². The lowest BCUT2D eigenvalue weighted by atomic mass is 10.0. The highest BCUT2D eigenvalue weighted by Gasteiger charge is 2.30. The van der Waals surface area contributed by atoms with Crippen molar-refractivity contribution in [1.29, 1.82) is 0 Å². The molecule has 1 atom stereocenters. The van der Waals surface area contributed by atoms with Gasteiger partial charge in [0.2, 0.25) is 5.91 Å². The summed E-state index contributed by atoms with van der Waals surface area (Å²) in [5.41, 5.74) is 3.27. The van der Waals surface area contributed by atoms with Gasteiger partial charge in [0.1, 0.15) is 0 Å². The predicted octanol–water partition coefficient (Wildman–Crippen LogP) is 3.81. The smallest absolute Gasteiger partial charge is 0.239 e. The van der Waals surface area contributed by atoms with E-state index in [4.69, 9.17) is 11.6 Å². The van der Waals surface area contributed by atoms with Crippen molar-refractivity contribution >= 4 is 40.7 Å². The van der Waals surface area contributed by atoms with Crippen molar-refractivity contribution in [3.63, 3.8) is 0 Å². The van der Waals surface area contributed by atoms with Crippen LogP contribution in [0.2, 0.25) is 5.02 Å². The Bertz CT molecular complexity index is 802. The quantitative estimate of drug-likeness (QED) is 0.668. The summed E-state index contributed by atoms with van der Waals surface area (Å²) < 4.78 is 0. The first-order valence-electron chi connectivity index (χ1n) is 7.50. The van der Waals surface area contributed by atoms with Crippen LogP contribution in [-0.4, -0.2) is 22.5 Å². The standard InChI is InChI=1S/C18H16ClN3OS/c1-12-4-2-3-5-14(12)10-16-17(23)21-18(24-16)22-20-11-13-6-8-15(19)9-7-13/h2-9,11,16H,10H2,1H3,(H,21,22,23). The minimum absolute atomic E-state index is 0.0244. The number of rotatable bonds is 4. The number of hydrogen-bond acceptors (Lipinski definition) is 4. The molecule has 0 aliphatic carbocycles. The van der Waals surface area contributed by atoms with Crippen molar-refractivity contribution in [2.24, 2.45) is 10.2 Å². The molecule has 1 saturated heterocycles. The van der Waals surface area contributed by atoms with E-state index in [1.807, 2.05) is 24.3 Å². The molecular formula is C18H16ClN3OS. The number of benzene rings is 2. The topological polar surface area (TPSA) is 53.8 Å². The third kappa shape index (κ3) is 4.24. The monoisotopic (exact) mass is 357 g/mol. The fraction of sp³-hybridized carbons (Fsp3) is 0.167. The van der Waals surface area contributed by atoms with E-state index in [1.165, 1.54) is 22.9 Å². The zero-order valence-corrected chi connectivity index (χ0v) is 14.6. The first-order valence-corrected chi connectivity index (χ1v) is 8.76. The number of aryl methyl sites for hydroxylation is 1. The molecule has 1 fully saturated rings. The number of hydrogen-bond donors (Lipinski definition) is 1. The number of nitrogens with zero attached hydrogens (tertiary/aromatic N) is 2. The molecule has 6 heteroatoms. The van der Waals surface area contributed by atoms with Gasteiger partial charge in [0.25, 0.3) is 0 Å². The number of amidine groups is 1. The van der Waals surface area contributed by atoms with E-state index in [0.717, 1.165) is 5.56 Å². The zero-order chi connectivity index (χ0) is 16.9. The lowest BCUT2D eigenvalue weighted by Crippen LogP contribution is -2.26. The van der Waals surface area contributed by atoms with Gasteiger partial charge in [0, 0.05) is 5.02 Å². The molecule has 1 heterocycles. The molecule has 0 bridgehead atoms. The summed E-state index contributed by atoms with van der Waals surface area (Å²) in [6.07, 6.45) is 2.31. The third-order valence-corrected chi connectivity index (χ3v) is 4.99. The van der Waals surface area contributed by atoms with Crippen LogP contribution in [0.15, 0.2) is 58.7 Å². The Morgan fingerprint density at radius 1 is 1.21 bits per heavy atom. The van der Waals surface area contributed by atoms with Crippen molar-refractivity contribution in [2.75, 3.05) is 0 Å². The number of halogens is 1. The van der Waals surface area contributed by atoms with Crippen molar-refractivity contribution in [3.05, 3.63) is 70.2 Å². The molecule has 1 N–H and O–H groups in total. The Morgan fingerprint density at radius 3 is 2.71 bits per heavy atom. The van der Waals surface area contributed by atoms with Gasteiger partial charge in [-0.2, -0.15) is 5.10 Å². The van der Waals surface area contributed by atoms with Crippen LogP contribution >= 0.6 is 23.4 Å². The van der Waals surface area contributed by atoms with Gasteiger partial charge in [-0.1, -0.05) is 59.8 Å². The maximum Gasteiger partial charge on any atom is 0.239 e. The molecule has 24 heavy (non-hydrogen) atoms. The van der Waals surface area contributed by atoms with Crippen LogP contribution in [0.4, 0.5) is 0 Å². The first-order chi connectivity index (χ1) is 11.6. The normalized spacial score (nSPS) is 19.2. The van der Waals surface area contributed by atoms with Gasteiger partial charge in [0.05, 0.1) is 11.5 Å². The van der Waals surface area contributed by atoms with E-state index >= 15 is 0 Å². The molecule has 0 spiro atoms. The van der Waals surface area contributed by atoms with Gasteiger partial charge in [-0.15, -0.1) is 5.10 Å². The molecule has 0 radical (unpaired) electrons. The van der Waals surface area contributed by atoms with E-state index in [1.54, 1.807) is 18.3 Å². The minimum Gasteiger partial charge on any atom is -0.303 e. The molecule has 1 aliphatic rings. The molecule has 1 unspecified atom stereocenters. The maximum absolute atomic E-state index is 12.1. The summed E-state index contributed by atoms with van der Waals surface area (Å²) in [5.74, 6) is -0.0244. The summed E-state index contributed by atoms with van der Waals surface area (Å²) in [6.45, 7) is 2.05. The molecule has 122 valence electrons. The average molecular weight is 358 g/mol. The SMILES string of the molecule is Cc1ccccc1CC1SC(=NN=Cc2ccc(Cl)cc2)NC1=O. The average Bonchev–Trinajstić information content (AvgIpc) is 2.91. The van der Waals surface area contributed by atoms with Gasteiger partial charge in [0.15, 0.2) is 5.17 Å². The highest BCUT2D eigenvalue weighted by Crippen LogP contribution is 2.24. The Labute approximate surface area is 150 Å². The Kier molecular flexibility index (Phi) is 5.33. The minimum atomic E-state index is -0.171. The van der Waals surface area contributed by atoms with Gasteiger partial charge in [-0.05, 0) is 42.2 Å². The number of amides is 1. The fourth-order valence-corrected chi connectivity index (χ4v) is 3.40. The molecule has 1 amide bonds. The molecule has 2 aromatic carbocycles. The summed E-state index contributed by atoms with van der Waals surface area (Å²) in [4.78, 5) is 12.1. The zero-order valence-electron chi connectivity index (χ0n) is 13.1. The van der Waals surface area contributed by atoms with Gasteiger partial charge in [-0.25, -0.2) is 0 Å². The predicted molar refractivity (Wildman–Crippen MR) is 101 cm³/mol. The summed E-state index contributed by atoms with van der Waals surface area (Å²) in [5, 5.41) is 11.9. The molecule has 0 aromatic heterocycles. The second-order valence-electron chi connectivity index (χ2n) is 5.43. The van der Waals surface area contributed by atoms with Crippen molar-refractivity contribution in [2.45, 2.75) is 18.6 Å². The number of nitrogens with one attached hydrogen (secondary N) is 1. The van der Waals surface area contributed by atoms with Crippen LogP contribution in [0.25, 0.3) is 0 Å². The molecular weight excluding hydrogens is 342 g/mol. The van der Waals surface area contributed by atoms with Crippen molar-refractivity contribution in [3.8, 4) is 0 Å². The van der Waals surface area contributed by atoms with Crippen LogP contribution < -0.4 is 5.32 Å².